The van der Waals surface area contributed by atoms with Crippen LogP contribution in [0.15, 0.2) is 30.3 Å². The second-order valence-electron chi connectivity index (χ2n) is 5.03. The van der Waals surface area contributed by atoms with E-state index in [-0.39, 0.29) is 5.91 Å². The molecule has 0 aliphatic heterocycles. The summed E-state index contributed by atoms with van der Waals surface area (Å²) in [5.74, 6) is 0.00246. The second kappa shape index (κ2) is 4.97. The predicted molar refractivity (Wildman–Crippen MR) is 76.1 cm³/mol. The van der Waals surface area contributed by atoms with Crippen molar-refractivity contribution in [2.75, 3.05) is 11.9 Å². The Kier molecular flexibility index (Phi) is 3.17. The molecular weight excluding hydrogens is 238 g/mol. The molecule has 1 aliphatic carbocycles. The zero-order chi connectivity index (χ0) is 13.2. The van der Waals surface area contributed by atoms with Crippen LogP contribution in [-0.4, -0.2) is 23.5 Å². The van der Waals surface area contributed by atoms with Crippen molar-refractivity contribution in [1.29, 1.82) is 0 Å². The van der Waals surface area contributed by atoms with E-state index in [0.29, 0.717) is 12.6 Å². The highest BCUT2D eigenvalue weighted by Gasteiger charge is 2.21. The third-order valence-electron chi connectivity index (χ3n) is 3.25. The molecule has 1 fully saturated rings. The first-order valence-electron chi connectivity index (χ1n) is 6.62. The number of benzene rings is 1. The number of hydrogen-bond donors (Lipinski definition) is 2. The van der Waals surface area contributed by atoms with Crippen LogP contribution in [-0.2, 0) is 4.79 Å². The number of anilines is 1. The van der Waals surface area contributed by atoms with Gasteiger partial charge in [0.05, 0.1) is 17.7 Å². The molecule has 2 N–H and O–H groups in total. The maximum Gasteiger partial charge on any atom is 0.238 e. The van der Waals surface area contributed by atoms with Gasteiger partial charge in [0.1, 0.15) is 0 Å². The van der Waals surface area contributed by atoms with Crippen LogP contribution in [0.25, 0.3) is 10.9 Å². The van der Waals surface area contributed by atoms with Gasteiger partial charge in [0.25, 0.3) is 0 Å². The molecule has 0 unspecified atom stereocenters. The summed E-state index contributed by atoms with van der Waals surface area (Å²) >= 11 is 0. The summed E-state index contributed by atoms with van der Waals surface area (Å²) < 4.78 is 0. The Hall–Kier alpha value is -1.94. The molecule has 2 aromatic rings. The number of aromatic nitrogens is 1. The molecule has 19 heavy (non-hydrogen) atoms. The van der Waals surface area contributed by atoms with Gasteiger partial charge >= 0.3 is 0 Å². The molecule has 1 amide bonds. The van der Waals surface area contributed by atoms with E-state index in [0.717, 1.165) is 22.3 Å². The minimum absolute atomic E-state index is 0.00246. The van der Waals surface area contributed by atoms with Gasteiger partial charge in [0.15, 0.2) is 0 Å². The average molecular weight is 255 g/mol. The van der Waals surface area contributed by atoms with E-state index in [2.05, 4.69) is 15.6 Å². The SMILES string of the molecule is Cc1cc(NC(=O)CNC2CC2)c2ccccc2n1. The smallest absolute Gasteiger partial charge is 0.238 e. The van der Waals surface area contributed by atoms with Gasteiger partial charge in [0, 0.05) is 17.1 Å². The van der Waals surface area contributed by atoms with E-state index < -0.39 is 0 Å². The first-order valence-corrected chi connectivity index (χ1v) is 6.62. The summed E-state index contributed by atoms with van der Waals surface area (Å²) in [6.07, 6.45) is 2.37. The molecule has 1 aliphatic rings. The molecule has 3 rings (SSSR count). The lowest BCUT2D eigenvalue weighted by atomic mass is 10.1. The number of rotatable bonds is 4. The fourth-order valence-electron chi connectivity index (χ4n) is 2.13. The Morgan fingerprint density at radius 1 is 1.37 bits per heavy atom. The van der Waals surface area contributed by atoms with Crippen molar-refractivity contribution in [1.82, 2.24) is 10.3 Å². The summed E-state index contributed by atoms with van der Waals surface area (Å²) in [4.78, 5) is 16.4. The topological polar surface area (TPSA) is 54.0 Å². The summed E-state index contributed by atoms with van der Waals surface area (Å²) in [7, 11) is 0. The van der Waals surface area contributed by atoms with Crippen LogP contribution in [0, 0.1) is 6.92 Å². The number of carbonyl (C=O) groups is 1. The number of amides is 1. The van der Waals surface area contributed by atoms with Crippen molar-refractivity contribution in [2.24, 2.45) is 0 Å². The zero-order valence-electron chi connectivity index (χ0n) is 10.9. The Balaban J connectivity index is 1.80. The van der Waals surface area contributed by atoms with Gasteiger partial charge < -0.3 is 10.6 Å². The first kappa shape index (κ1) is 12.1. The van der Waals surface area contributed by atoms with Gasteiger partial charge in [-0.1, -0.05) is 18.2 Å². The molecule has 0 atom stereocenters. The van der Waals surface area contributed by atoms with Crippen molar-refractivity contribution in [3.8, 4) is 0 Å². The Morgan fingerprint density at radius 2 is 2.16 bits per heavy atom. The highest BCUT2D eigenvalue weighted by atomic mass is 16.1. The van der Waals surface area contributed by atoms with E-state index in [1.807, 2.05) is 37.3 Å². The fourth-order valence-corrected chi connectivity index (χ4v) is 2.13. The van der Waals surface area contributed by atoms with Gasteiger partial charge in [-0.05, 0) is 31.9 Å². The molecule has 1 heterocycles. The number of nitrogens with one attached hydrogen (secondary N) is 2. The predicted octanol–water partition coefficient (Wildman–Crippen LogP) is 2.23. The van der Waals surface area contributed by atoms with E-state index in [1.54, 1.807) is 0 Å². The van der Waals surface area contributed by atoms with Crippen LogP contribution in [0.1, 0.15) is 18.5 Å². The lowest BCUT2D eigenvalue weighted by Gasteiger charge is -2.10. The molecule has 0 radical (unpaired) electrons. The van der Waals surface area contributed by atoms with Crippen LogP contribution < -0.4 is 10.6 Å². The molecule has 0 saturated heterocycles. The van der Waals surface area contributed by atoms with Crippen molar-refractivity contribution in [3.63, 3.8) is 0 Å². The van der Waals surface area contributed by atoms with Crippen LogP contribution in [0.3, 0.4) is 0 Å². The summed E-state index contributed by atoms with van der Waals surface area (Å²) in [5.41, 5.74) is 2.66. The largest absolute Gasteiger partial charge is 0.324 e. The summed E-state index contributed by atoms with van der Waals surface area (Å²) in [5, 5.41) is 7.16. The summed E-state index contributed by atoms with van der Waals surface area (Å²) in [6.45, 7) is 2.31. The lowest BCUT2D eigenvalue weighted by molar-refractivity contribution is -0.115. The zero-order valence-corrected chi connectivity index (χ0v) is 10.9. The molecule has 1 aromatic heterocycles. The average Bonchev–Trinajstić information content (AvgIpc) is 3.20. The van der Waals surface area contributed by atoms with Crippen molar-refractivity contribution >= 4 is 22.5 Å². The van der Waals surface area contributed by atoms with Gasteiger partial charge in [-0.2, -0.15) is 0 Å². The quantitative estimate of drug-likeness (QED) is 0.881. The molecular formula is C15H17N3O. The van der Waals surface area contributed by atoms with Gasteiger partial charge in [-0.25, -0.2) is 0 Å². The Bertz CT molecular complexity index is 620. The maximum atomic E-state index is 11.9. The van der Waals surface area contributed by atoms with Crippen LogP contribution in [0.4, 0.5) is 5.69 Å². The number of pyridine rings is 1. The van der Waals surface area contributed by atoms with Crippen LogP contribution in [0.2, 0.25) is 0 Å². The third-order valence-corrected chi connectivity index (χ3v) is 3.25. The van der Waals surface area contributed by atoms with Crippen LogP contribution >= 0.6 is 0 Å². The minimum atomic E-state index is 0.00246. The lowest BCUT2D eigenvalue weighted by Crippen LogP contribution is -2.29. The normalized spacial score (nSPS) is 14.6. The number of para-hydroxylation sites is 1. The highest BCUT2D eigenvalue weighted by Crippen LogP contribution is 2.23. The fraction of sp³-hybridized carbons (Fsp3) is 0.333. The van der Waals surface area contributed by atoms with E-state index in [9.17, 15) is 4.79 Å². The number of fused-ring (bicyclic) bond motifs is 1. The molecule has 0 spiro atoms. The van der Waals surface area contributed by atoms with Crippen molar-refractivity contribution < 1.29 is 4.79 Å². The summed E-state index contributed by atoms with van der Waals surface area (Å²) in [6, 6.07) is 10.3. The first-order chi connectivity index (χ1) is 9.22. The molecule has 1 aromatic carbocycles. The molecule has 4 nitrogen and oxygen atoms in total. The van der Waals surface area contributed by atoms with Gasteiger partial charge in [-0.3, -0.25) is 9.78 Å². The van der Waals surface area contributed by atoms with Crippen molar-refractivity contribution in [3.05, 3.63) is 36.0 Å². The molecule has 4 heteroatoms. The molecule has 0 bridgehead atoms. The highest BCUT2D eigenvalue weighted by molar-refractivity contribution is 6.01. The van der Waals surface area contributed by atoms with Gasteiger partial charge in [-0.15, -0.1) is 0 Å². The monoisotopic (exact) mass is 255 g/mol. The van der Waals surface area contributed by atoms with E-state index >= 15 is 0 Å². The number of hydrogen-bond acceptors (Lipinski definition) is 3. The Labute approximate surface area is 112 Å². The number of aryl methyl sites for hydroxylation is 1. The number of nitrogens with zero attached hydrogens (tertiary/aromatic N) is 1. The minimum Gasteiger partial charge on any atom is -0.324 e. The van der Waals surface area contributed by atoms with E-state index in [4.69, 9.17) is 0 Å². The third kappa shape index (κ3) is 2.90. The molecule has 98 valence electrons. The standard InChI is InChI=1S/C15H17N3O/c1-10-8-14(12-4-2-3-5-13(12)17-10)18-15(19)9-16-11-6-7-11/h2-5,8,11,16H,6-7,9H2,1H3,(H,17,18,19). The number of carbonyl (C=O) groups excluding carboxylic acids is 1. The van der Waals surface area contributed by atoms with Crippen LogP contribution in [0.5, 0.6) is 0 Å². The maximum absolute atomic E-state index is 11.9. The van der Waals surface area contributed by atoms with E-state index in [1.165, 1.54) is 12.8 Å². The Morgan fingerprint density at radius 3 is 2.95 bits per heavy atom. The van der Waals surface area contributed by atoms with Gasteiger partial charge in [0.2, 0.25) is 5.91 Å². The van der Waals surface area contributed by atoms with Crippen molar-refractivity contribution in [2.45, 2.75) is 25.8 Å². The molecule has 1 saturated carbocycles. The second-order valence-corrected chi connectivity index (χ2v) is 5.03.